The number of aliphatic carboxylic acids is 1. The molecular weight excluding hydrogens is 302 g/mol. The van der Waals surface area contributed by atoms with Gasteiger partial charge in [0.15, 0.2) is 0 Å². The Bertz CT molecular complexity index is 705. The van der Waals surface area contributed by atoms with Gasteiger partial charge in [-0.05, 0) is 43.5 Å². The van der Waals surface area contributed by atoms with Crippen molar-refractivity contribution < 1.29 is 14.7 Å². The molecule has 0 radical (unpaired) electrons. The van der Waals surface area contributed by atoms with Crippen LogP contribution in [-0.4, -0.2) is 17.0 Å². The van der Waals surface area contributed by atoms with Crippen LogP contribution < -0.4 is 5.32 Å². The van der Waals surface area contributed by atoms with Crippen LogP contribution in [0.25, 0.3) is 0 Å². The summed E-state index contributed by atoms with van der Waals surface area (Å²) in [5.41, 5.74) is 1.39. The van der Waals surface area contributed by atoms with Crippen LogP contribution in [0.5, 0.6) is 0 Å². The van der Waals surface area contributed by atoms with E-state index in [0.717, 1.165) is 5.56 Å². The first kappa shape index (κ1) is 17.7. The largest absolute Gasteiger partial charge is 0.481 e. The lowest BCUT2D eigenvalue weighted by molar-refractivity contribution is -0.142. The summed E-state index contributed by atoms with van der Waals surface area (Å²) in [6.07, 6.45) is 0.708. The van der Waals surface area contributed by atoms with E-state index < -0.39 is 11.4 Å². The highest BCUT2D eigenvalue weighted by Gasteiger charge is 2.29. The quantitative estimate of drug-likeness (QED) is 0.837. The fraction of sp³-hybridized carbons (Fsp3) is 0.300. The predicted octanol–water partition coefficient (Wildman–Crippen LogP) is 4.18. The van der Waals surface area contributed by atoms with Crippen molar-refractivity contribution in [1.29, 1.82) is 0 Å². The first-order valence-corrected chi connectivity index (χ1v) is 8.06. The third-order valence-corrected chi connectivity index (χ3v) is 4.34. The molecule has 2 aromatic carbocycles. The molecule has 1 atom stereocenters. The fourth-order valence-electron chi connectivity index (χ4n) is 2.58. The predicted molar refractivity (Wildman–Crippen MR) is 95.2 cm³/mol. The summed E-state index contributed by atoms with van der Waals surface area (Å²) in [7, 11) is 0. The second kappa shape index (κ2) is 7.30. The molecule has 126 valence electrons. The number of rotatable bonds is 6. The van der Waals surface area contributed by atoms with Crippen molar-refractivity contribution in [3.05, 3.63) is 65.7 Å². The average molecular weight is 325 g/mol. The first-order chi connectivity index (χ1) is 11.4. The molecule has 0 spiro atoms. The standard InChI is InChI=1S/C20H23NO3/c1-4-17(14-8-6-5-7-9-14)18(22)21-16-12-10-15(11-13-16)20(2,3)19(23)24/h5-13,17H,4H2,1-3H3,(H,21,22)(H,23,24). The second-order valence-electron chi connectivity index (χ2n) is 6.37. The summed E-state index contributed by atoms with van der Waals surface area (Å²) in [4.78, 5) is 23.8. The number of benzene rings is 2. The van der Waals surface area contributed by atoms with E-state index in [2.05, 4.69) is 5.32 Å². The number of nitrogens with one attached hydrogen (secondary N) is 1. The maximum Gasteiger partial charge on any atom is 0.313 e. The molecule has 0 bridgehead atoms. The van der Waals surface area contributed by atoms with Gasteiger partial charge in [-0.3, -0.25) is 9.59 Å². The van der Waals surface area contributed by atoms with Crippen molar-refractivity contribution >= 4 is 17.6 Å². The number of hydrogen-bond donors (Lipinski definition) is 2. The van der Waals surface area contributed by atoms with Gasteiger partial charge in [0, 0.05) is 5.69 Å². The molecule has 4 nitrogen and oxygen atoms in total. The monoisotopic (exact) mass is 325 g/mol. The van der Waals surface area contributed by atoms with Gasteiger partial charge in [0.1, 0.15) is 0 Å². The third kappa shape index (κ3) is 3.82. The van der Waals surface area contributed by atoms with Crippen LogP contribution in [0.3, 0.4) is 0 Å². The minimum atomic E-state index is -0.960. The van der Waals surface area contributed by atoms with Gasteiger partial charge >= 0.3 is 5.97 Å². The summed E-state index contributed by atoms with van der Waals surface area (Å²) in [6.45, 7) is 5.30. The van der Waals surface area contributed by atoms with Gasteiger partial charge < -0.3 is 10.4 Å². The van der Waals surface area contributed by atoms with Crippen LogP contribution in [0, 0.1) is 0 Å². The van der Waals surface area contributed by atoms with Crippen LogP contribution in [0.15, 0.2) is 54.6 Å². The molecule has 0 saturated carbocycles. The Balaban J connectivity index is 2.13. The molecule has 2 N–H and O–H groups in total. The maximum atomic E-state index is 12.5. The topological polar surface area (TPSA) is 66.4 Å². The zero-order valence-electron chi connectivity index (χ0n) is 14.2. The zero-order chi connectivity index (χ0) is 17.7. The van der Waals surface area contributed by atoms with Crippen molar-refractivity contribution in [2.45, 2.75) is 38.5 Å². The molecule has 0 aliphatic carbocycles. The smallest absolute Gasteiger partial charge is 0.313 e. The Hall–Kier alpha value is -2.62. The fourth-order valence-corrected chi connectivity index (χ4v) is 2.58. The molecular formula is C20H23NO3. The third-order valence-electron chi connectivity index (χ3n) is 4.34. The molecule has 0 aliphatic rings. The average Bonchev–Trinajstić information content (AvgIpc) is 2.57. The Labute approximate surface area is 142 Å². The van der Waals surface area contributed by atoms with Gasteiger partial charge in [-0.2, -0.15) is 0 Å². The molecule has 1 unspecified atom stereocenters. The number of amides is 1. The van der Waals surface area contributed by atoms with E-state index in [4.69, 9.17) is 0 Å². The van der Waals surface area contributed by atoms with Crippen molar-refractivity contribution in [3.63, 3.8) is 0 Å². The molecule has 24 heavy (non-hydrogen) atoms. The highest BCUT2D eigenvalue weighted by Crippen LogP contribution is 2.26. The van der Waals surface area contributed by atoms with E-state index >= 15 is 0 Å². The van der Waals surface area contributed by atoms with Crippen LogP contribution in [-0.2, 0) is 15.0 Å². The van der Waals surface area contributed by atoms with E-state index in [9.17, 15) is 14.7 Å². The number of hydrogen-bond acceptors (Lipinski definition) is 2. The molecule has 0 heterocycles. The van der Waals surface area contributed by atoms with Crippen molar-refractivity contribution in [2.24, 2.45) is 0 Å². The number of anilines is 1. The maximum absolute atomic E-state index is 12.5. The van der Waals surface area contributed by atoms with Crippen LogP contribution in [0.2, 0.25) is 0 Å². The molecule has 2 aromatic rings. The Morgan fingerprint density at radius 3 is 2.12 bits per heavy atom. The van der Waals surface area contributed by atoms with Gasteiger partial charge in [0.25, 0.3) is 0 Å². The second-order valence-corrected chi connectivity index (χ2v) is 6.37. The van der Waals surface area contributed by atoms with Crippen molar-refractivity contribution in [1.82, 2.24) is 0 Å². The SMILES string of the molecule is CCC(C(=O)Nc1ccc(C(C)(C)C(=O)O)cc1)c1ccccc1. The Morgan fingerprint density at radius 1 is 1.04 bits per heavy atom. The number of carboxylic acid groups (broad SMARTS) is 1. The van der Waals surface area contributed by atoms with Gasteiger partial charge in [-0.25, -0.2) is 0 Å². The van der Waals surface area contributed by atoms with Crippen molar-refractivity contribution in [3.8, 4) is 0 Å². The number of carbonyl (C=O) groups is 2. The molecule has 0 aliphatic heterocycles. The van der Waals surface area contributed by atoms with Gasteiger partial charge in [-0.1, -0.05) is 49.4 Å². The number of carbonyl (C=O) groups excluding carboxylic acids is 1. The molecule has 0 aromatic heterocycles. The summed E-state index contributed by atoms with van der Waals surface area (Å²) in [5.74, 6) is -1.15. The lowest BCUT2D eigenvalue weighted by Gasteiger charge is -2.20. The summed E-state index contributed by atoms with van der Waals surface area (Å²) in [6, 6.07) is 16.7. The van der Waals surface area contributed by atoms with E-state index in [-0.39, 0.29) is 11.8 Å². The van der Waals surface area contributed by atoms with Gasteiger partial charge in [0.2, 0.25) is 5.91 Å². The molecule has 2 rings (SSSR count). The van der Waals surface area contributed by atoms with E-state index in [0.29, 0.717) is 17.7 Å². The Kier molecular flexibility index (Phi) is 5.39. The van der Waals surface area contributed by atoms with E-state index in [1.165, 1.54) is 0 Å². The lowest BCUT2D eigenvalue weighted by Crippen LogP contribution is -2.28. The summed E-state index contributed by atoms with van der Waals surface area (Å²) in [5, 5.41) is 12.2. The first-order valence-electron chi connectivity index (χ1n) is 8.06. The normalized spacial score (nSPS) is 12.5. The van der Waals surface area contributed by atoms with Gasteiger partial charge in [-0.15, -0.1) is 0 Å². The van der Waals surface area contributed by atoms with Crippen LogP contribution >= 0.6 is 0 Å². The van der Waals surface area contributed by atoms with Gasteiger partial charge in [0.05, 0.1) is 11.3 Å². The highest BCUT2D eigenvalue weighted by molar-refractivity contribution is 5.95. The highest BCUT2D eigenvalue weighted by atomic mass is 16.4. The minimum Gasteiger partial charge on any atom is -0.481 e. The molecule has 4 heteroatoms. The summed E-state index contributed by atoms with van der Waals surface area (Å²) >= 11 is 0. The van der Waals surface area contributed by atoms with Crippen molar-refractivity contribution in [2.75, 3.05) is 5.32 Å². The summed E-state index contributed by atoms with van der Waals surface area (Å²) < 4.78 is 0. The van der Waals surface area contributed by atoms with Crippen LogP contribution in [0.1, 0.15) is 44.2 Å². The minimum absolute atomic E-state index is 0.0612. The zero-order valence-corrected chi connectivity index (χ0v) is 14.2. The molecule has 1 amide bonds. The number of carboxylic acids is 1. The lowest BCUT2D eigenvalue weighted by atomic mass is 9.85. The molecule has 0 fully saturated rings. The Morgan fingerprint density at radius 2 is 1.62 bits per heavy atom. The van der Waals surface area contributed by atoms with Crippen LogP contribution in [0.4, 0.5) is 5.69 Å². The van der Waals surface area contributed by atoms with E-state index in [1.807, 2.05) is 37.3 Å². The molecule has 0 saturated heterocycles. The van der Waals surface area contributed by atoms with E-state index in [1.54, 1.807) is 38.1 Å².